The molecule has 0 aliphatic rings. The highest BCUT2D eigenvalue weighted by atomic mass is 32.2. The Hall–Kier alpha value is 0.0200. The van der Waals surface area contributed by atoms with Crippen molar-refractivity contribution in [2.24, 2.45) is 9.81 Å². The number of hydrogen-bond donors (Lipinski definition) is 0. The quantitative estimate of drug-likeness (QED) is 0.445. The molecule has 0 aromatic rings. The molecule has 1 nitrogen and oxygen atoms in total. The van der Waals surface area contributed by atoms with Crippen molar-refractivity contribution in [3.8, 4) is 0 Å². The van der Waals surface area contributed by atoms with Crippen molar-refractivity contribution in [1.82, 2.24) is 0 Å². The van der Waals surface area contributed by atoms with Crippen LogP contribution in [-0.2, 0) is 0 Å². The molecule has 0 saturated carbocycles. The Morgan fingerprint density at radius 3 is 2.10 bits per heavy atom. The zero-order valence-corrected chi connectivity index (χ0v) is 8.33. The molecule has 0 aliphatic carbocycles. The van der Waals surface area contributed by atoms with Crippen LogP contribution in [0.3, 0.4) is 0 Å². The first-order chi connectivity index (χ1) is 4.42. The SMILES string of the molecule is CC(C)S/N=C/C(C)(C)C. The number of hydrogen-bond acceptors (Lipinski definition) is 2. The Labute approximate surface area is 68.4 Å². The van der Waals surface area contributed by atoms with E-state index >= 15 is 0 Å². The maximum atomic E-state index is 4.23. The highest BCUT2D eigenvalue weighted by Crippen LogP contribution is 2.14. The minimum atomic E-state index is 0.224. The van der Waals surface area contributed by atoms with Crippen molar-refractivity contribution < 1.29 is 0 Å². The molecule has 10 heavy (non-hydrogen) atoms. The largest absolute Gasteiger partial charge is 0.228 e. The van der Waals surface area contributed by atoms with Gasteiger partial charge in [-0.2, -0.15) is 0 Å². The van der Waals surface area contributed by atoms with Crippen LogP contribution < -0.4 is 0 Å². The molecule has 0 heterocycles. The van der Waals surface area contributed by atoms with E-state index < -0.39 is 0 Å². The molecule has 0 amide bonds. The van der Waals surface area contributed by atoms with Gasteiger partial charge in [-0.25, -0.2) is 4.40 Å². The average molecular weight is 159 g/mol. The van der Waals surface area contributed by atoms with Crippen LogP contribution in [0.4, 0.5) is 0 Å². The van der Waals surface area contributed by atoms with E-state index in [1.807, 2.05) is 6.21 Å². The molecule has 0 aromatic carbocycles. The molecule has 0 radical (unpaired) electrons. The molecule has 0 spiro atoms. The zero-order valence-electron chi connectivity index (χ0n) is 7.51. The predicted molar refractivity (Wildman–Crippen MR) is 50.7 cm³/mol. The predicted octanol–water partition coefficient (Wildman–Crippen LogP) is 3.16. The highest BCUT2D eigenvalue weighted by molar-refractivity contribution is 7.98. The second kappa shape index (κ2) is 4.02. The summed E-state index contributed by atoms with van der Waals surface area (Å²) in [5.74, 6) is 0. The molecule has 60 valence electrons. The van der Waals surface area contributed by atoms with E-state index in [0.29, 0.717) is 5.25 Å². The Morgan fingerprint density at radius 1 is 1.30 bits per heavy atom. The van der Waals surface area contributed by atoms with Gasteiger partial charge >= 0.3 is 0 Å². The van der Waals surface area contributed by atoms with Crippen molar-refractivity contribution in [1.29, 1.82) is 0 Å². The summed E-state index contributed by atoms with van der Waals surface area (Å²) < 4.78 is 4.23. The third kappa shape index (κ3) is 8.02. The maximum Gasteiger partial charge on any atom is 0.0210 e. The summed E-state index contributed by atoms with van der Waals surface area (Å²) in [6.45, 7) is 10.7. The summed E-state index contributed by atoms with van der Waals surface area (Å²) in [4.78, 5) is 0. The first-order valence-electron chi connectivity index (χ1n) is 3.62. The summed E-state index contributed by atoms with van der Waals surface area (Å²) in [5.41, 5.74) is 0.224. The number of rotatable bonds is 2. The molecule has 0 saturated heterocycles. The molecule has 0 atom stereocenters. The van der Waals surface area contributed by atoms with Gasteiger partial charge in [0.25, 0.3) is 0 Å². The lowest BCUT2D eigenvalue weighted by molar-refractivity contribution is 0.608. The van der Waals surface area contributed by atoms with E-state index in [9.17, 15) is 0 Å². The fourth-order valence-electron chi connectivity index (χ4n) is 0.310. The Morgan fingerprint density at radius 2 is 1.80 bits per heavy atom. The van der Waals surface area contributed by atoms with Gasteiger partial charge in [-0.1, -0.05) is 34.6 Å². The summed E-state index contributed by atoms with van der Waals surface area (Å²) in [6.07, 6.45) is 2.00. The fourth-order valence-corrected chi connectivity index (χ4v) is 0.931. The summed E-state index contributed by atoms with van der Waals surface area (Å²) in [5, 5.41) is 0.596. The van der Waals surface area contributed by atoms with Crippen LogP contribution in [0.2, 0.25) is 0 Å². The first kappa shape index (κ1) is 10.0. The Balaban J connectivity index is 3.57. The van der Waals surface area contributed by atoms with Crippen LogP contribution in [0, 0.1) is 5.41 Å². The monoisotopic (exact) mass is 159 g/mol. The van der Waals surface area contributed by atoms with Gasteiger partial charge in [0, 0.05) is 11.5 Å². The molecule has 0 N–H and O–H groups in total. The van der Waals surface area contributed by atoms with E-state index in [-0.39, 0.29) is 5.41 Å². The van der Waals surface area contributed by atoms with Crippen LogP contribution in [-0.4, -0.2) is 11.5 Å². The topological polar surface area (TPSA) is 12.4 Å². The van der Waals surface area contributed by atoms with Gasteiger partial charge in [-0.15, -0.1) is 0 Å². The van der Waals surface area contributed by atoms with E-state index in [2.05, 4.69) is 39.0 Å². The zero-order chi connectivity index (χ0) is 8.20. The maximum absolute atomic E-state index is 4.23. The fraction of sp³-hybridized carbons (Fsp3) is 0.875. The van der Waals surface area contributed by atoms with Gasteiger partial charge in [-0.3, -0.25) is 0 Å². The summed E-state index contributed by atoms with van der Waals surface area (Å²) in [7, 11) is 0. The summed E-state index contributed by atoms with van der Waals surface area (Å²) in [6, 6.07) is 0. The molecule has 2 heteroatoms. The Bertz CT molecular complexity index is 111. The third-order valence-corrected chi connectivity index (χ3v) is 1.36. The molecule has 0 aromatic heterocycles. The standard InChI is InChI=1S/C8H17NS/c1-7(2)10-9-6-8(3,4)5/h6-7H,1-5H3/b9-6+. The molecule has 0 bridgehead atoms. The van der Waals surface area contributed by atoms with Crippen LogP contribution >= 0.6 is 11.9 Å². The van der Waals surface area contributed by atoms with Gasteiger partial charge in [0.05, 0.1) is 0 Å². The Kier molecular flexibility index (Phi) is 4.02. The average Bonchev–Trinajstić information content (AvgIpc) is 1.59. The molecular formula is C8H17NS. The van der Waals surface area contributed by atoms with Crippen LogP contribution in [0.1, 0.15) is 34.6 Å². The van der Waals surface area contributed by atoms with Crippen molar-refractivity contribution in [3.05, 3.63) is 0 Å². The van der Waals surface area contributed by atoms with E-state index in [4.69, 9.17) is 0 Å². The van der Waals surface area contributed by atoms with E-state index in [1.165, 1.54) is 0 Å². The van der Waals surface area contributed by atoms with Crippen molar-refractivity contribution in [2.75, 3.05) is 0 Å². The van der Waals surface area contributed by atoms with Crippen molar-refractivity contribution in [2.45, 2.75) is 39.9 Å². The summed E-state index contributed by atoms with van der Waals surface area (Å²) >= 11 is 1.63. The first-order valence-corrected chi connectivity index (χ1v) is 4.46. The third-order valence-electron chi connectivity index (χ3n) is 0.712. The van der Waals surface area contributed by atoms with Crippen LogP contribution in [0.15, 0.2) is 4.40 Å². The van der Waals surface area contributed by atoms with Gasteiger partial charge in [-0.05, 0) is 17.4 Å². The molecule has 0 aliphatic heterocycles. The smallest absolute Gasteiger partial charge is 0.0210 e. The minimum absolute atomic E-state index is 0.224. The lowest BCUT2D eigenvalue weighted by atomic mass is 10.00. The second-order valence-corrected chi connectivity index (χ2v) is 5.12. The van der Waals surface area contributed by atoms with Crippen molar-refractivity contribution >= 4 is 18.2 Å². The van der Waals surface area contributed by atoms with Crippen LogP contribution in [0.25, 0.3) is 0 Å². The molecular weight excluding hydrogens is 142 g/mol. The van der Waals surface area contributed by atoms with E-state index in [0.717, 1.165) is 0 Å². The van der Waals surface area contributed by atoms with E-state index in [1.54, 1.807) is 11.9 Å². The van der Waals surface area contributed by atoms with Gasteiger partial charge in [0.2, 0.25) is 0 Å². The van der Waals surface area contributed by atoms with Gasteiger partial charge in [0.1, 0.15) is 0 Å². The lowest BCUT2D eigenvalue weighted by Gasteiger charge is -2.09. The minimum Gasteiger partial charge on any atom is -0.228 e. The van der Waals surface area contributed by atoms with Gasteiger partial charge < -0.3 is 0 Å². The van der Waals surface area contributed by atoms with Crippen molar-refractivity contribution in [3.63, 3.8) is 0 Å². The molecule has 0 unspecified atom stereocenters. The number of nitrogens with zero attached hydrogens (tertiary/aromatic N) is 1. The highest BCUT2D eigenvalue weighted by Gasteiger charge is 2.04. The lowest BCUT2D eigenvalue weighted by Crippen LogP contribution is -2.05. The van der Waals surface area contributed by atoms with Gasteiger partial charge in [0.15, 0.2) is 0 Å². The molecule has 0 fully saturated rings. The normalized spacial score (nSPS) is 13.4. The second-order valence-electron chi connectivity index (χ2n) is 3.75. The molecule has 0 rings (SSSR count). The van der Waals surface area contributed by atoms with Crippen LogP contribution in [0.5, 0.6) is 0 Å².